The molecule has 102 valence electrons. The van der Waals surface area contributed by atoms with Gasteiger partial charge in [-0.3, -0.25) is 10.1 Å². The minimum absolute atomic E-state index is 0.0730. The molecule has 0 spiro atoms. The van der Waals surface area contributed by atoms with Gasteiger partial charge in [0.15, 0.2) is 0 Å². The van der Waals surface area contributed by atoms with E-state index in [-0.39, 0.29) is 17.3 Å². The molecule has 1 aromatic carbocycles. The molecule has 1 saturated heterocycles. The van der Waals surface area contributed by atoms with Crippen molar-refractivity contribution in [3.8, 4) is 0 Å². The lowest BCUT2D eigenvalue weighted by atomic mass is 10.1. The summed E-state index contributed by atoms with van der Waals surface area (Å²) in [6.45, 7) is 0. The van der Waals surface area contributed by atoms with Gasteiger partial charge in [-0.25, -0.2) is 4.79 Å². The molecule has 0 saturated carbocycles. The maximum Gasteiger partial charge on any atom is 0.337 e. The van der Waals surface area contributed by atoms with E-state index in [2.05, 4.69) is 5.32 Å². The van der Waals surface area contributed by atoms with Gasteiger partial charge in [0.25, 0.3) is 5.69 Å². The molecule has 0 unspecified atom stereocenters. The summed E-state index contributed by atoms with van der Waals surface area (Å²) in [4.78, 5) is 21.4. The standard InChI is InChI=1S/C12H14N2O4S/c15-12(16)10-2-1-9(14(17)18)7-11(10)13-8-3-5-19-6-4-8/h1-2,7-8,13H,3-6H2,(H,15,16). The first-order valence-corrected chi connectivity index (χ1v) is 7.09. The van der Waals surface area contributed by atoms with Crippen molar-refractivity contribution < 1.29 is 14.8 Å². The van der Waals surface area contributed by atoms with Crippen LogP contribution in [0, 0.1) is 10.1 Å². The number of non-ortho nitro benzene ring substituents is 1. The summed E-state index contributed by atoms with van der Waals surface area (Å²) in [6.07, 6.45) is 1.87. The first-order chi connectivity index (χ1) is 9.08. The Bertz CT molecular complexity index is 501. The van der Waals surface area contributed by atoms with E-state index in [4.69, 9.17) is 5.11 Å². The van der Waals surface area contributed by atoms with Gasteiger partial charge in [0.2, 0.25) is 0 Å². The van der Waals surface area contributed by atoms with Gasteiger partial charge < -0.3 is 10.4 Å². The number of anilines is 1. The molecule has 2 N–H and O–H groups in total. The van der Waals surface area contributed by atoms with Crippen LogP contribution in [0.2, 0.25) is 0 Å². The van der Waals surface area contributed by atoms with Crippen LogP contribution in [0.15, 0.2) is 18.2 Å². The predicted molar refractivity (Wildman–Crippen MR) is 74.0 cm³/mol. The van der Waals surface area contributed by atoms with Crippen molar-refractivity contribution in [2.75, 3.05) is 16.8 Å². The molecule has 1 aromatic rings. The number of carboxylic acids is 1. The van der Waals surface area contributed by atoms with Crippen LogP contribution in [-0.2, 0) is 0 Å². The normalized spacial score (nSPS) is 16.0. The SMILES string of the molecule is O=C(O)c1ccc([N+](=O)[O-])cc1NC1CCSCC1. The number of carboxylic acid groups (broad SMARTS) is 1. The first kappa shape index (κ1) is 13.7. The summed E-state index contributed by atoms with van der Waals surface area (Å²) in [5, 5.41) is 23.0. The van der Waals surface area contributed by atoms with E-state index >= 15 is 0 Å². The maximum absolute atomic E-state index is 11.1. The second kappa shape index (κ2) is 5.92. The highest BCUT2D eigenvalue weighted by molar-refractivity contribution is 7.99. The first-order valence-electron chi connectivity index (χ1n) is 5.94. The quantitative estimate of drug-likeness (QED) is 0.651. The molecule has 0 radical (unpaired) electrons. The summed E-state index contributed by atoms with van der Waals surface area (Å²) in [5.74, 6) is 0.965. The van der Waals surface area contributed by atoms with E-state index < -0.39 is 10.9 Å². The third-order valence-electron chi connectivity index (χ3n) is 3.03. The van der Waals surface area contributed by atoms with Crippen molar-refractivity contribution >= 4 is 29.1 Å². The molecule has 1 aliphatic heterocycles. The monoisotopic (exact) mass is 282 g/mol. The number of rotatable bonds is 4. The molecule has 1 heterocycles. The van der Waals surface area contributed by atoms with Gasteiger partial charge in [0, 0.05) is 18.2 Å². The number of carbonyl (C=O) groups is 1. The molecule has 1 aliphatic rings. The van der Waals surface area contributed by atoms with E-state index in [1.807, 2.05) is 11.8 Å². The molecule has 0 aliphatic carbocycles. The van der Waals surface area contributed by atoms with Gasteiger partial charge >= 0.3 is 5.97 Å². The number of thioether (sulfide) groups is 1. The largest absolute Gasteiger partial charge is 0.478 e. The summed E-state index contributed by atoms with van der Waals surface area (Å²) >= 11 is 1.86. The van der Waals surface area contributed by atoms with Crippen LogP contribution in [0.4, 0.5) is 11.4 Å². The fourth-order valence-corrected chi connectivity index (χ4v) is 3.12. The Morgan fingerprint density at radius 2 is 2.11 bits per heavy atom. The molecule has 1 fully saturated rings. The molecule has 2 rings (SSSR count). The highest BCUT2D eigenvalue weighted by atomic mass is 32.2. The highest BCUT2D eigenvalue weighted by Gasteiger charge is 2.19. The van der Waals surface area contributed by atoms with E-state index in [1.54, 1.807) is 0 Å². The molecule has 7 heteroatoms. The number of hydrogen-bond donors (Lipinski definition) is 2. The Morgan fingerprint density at radius 3 is 2.68 bits per heavy atom. The van der Waals surface area contributed by atoms with E-state index in [0.717, 1.165) is 24.3 Å². The number of nitrogens with one attached hydrogen (secondary N) is 1. The number of benzene rings is 1. The number of hydrogen-bond acceptors (Lipinski definition) is 5. The van der Waals surface area contributed by atoms with Gasteiger partial charge in [0.05, 0.1) is 16.2 Å². The third kappa shape index (κ3) is 3.37. The molecule has 0 bridgehead atoms. The van der Waals surface area contributed by atoms with Gasteiger partial charge in [-0.1, -0.05) is 0 Å². The van der Waals surface area contributed by atoms with Crippen molar-refractivity contribution in [2.24, 2.45) is 0 Å². The Hall–Kier alpha value is -1.76. The van der Waals surface area contributed by atoms with E-state index in [0.29, 0.717) is 5.69 Å². The van der Waals surface area contributed by atoms with Crippen LogP contribution >= 0.6 is 11.8 Å². The Kier molecular flexibility index (Phi) is 4.26. The molecule has 0 amide bonds. The summed E-state index contributed by atoms with van der Waals surface area (Å²) < 4.78 is 0. The van der Waals surface area contributed by atoms with Crippen LogP contribution in [0.1, 0.15) is 23.2 Å². The van der Waals surface area contributed by atoms with Crippen LogP contribution < -0.4 is 5.32 Å². The molecule has 19 heavy (non-hydrogen) atoms. The fraction of sp³-hybridized carbons (Fsp3) is 0.417. The average Bonchev–Trinajstić information content (AvgIpc) is 2.39. The van der Waals surface area contributed by atoms with E-state index in [9.17, 15) is 14.9 Å². The second-order valence-electron chi connectivity index (χ2n) is 4.32. The lowest BCUT2D eigenvalue weighted by Crippen LogP contribution is -2.25. The number of aromatic carboxylic acids is 1. The number of nitro benzene ring substituents is 1. The average molecular weight is 282 g/mol. The number of nitrogens with zero attached hydrogens (tertiary/aromatic N) is 1. The van der Waals surface area contributed by atoms with Gasteiger partial charge in [-0.15, -0.1) is 0 Å². The van der Waals surface area contributed by atoms with Gasteiger partial charge in [-0.05, 0) is 30.4 Å². The predicted octanol–water partition coefficient (Wildman–Crippen LogP) is 2.60. The zero-order valence-electron chi connectivity index (χ0n) is 10.2. The minimum Gasteiger partial charge on any atom is -0.478 e. The number of nitro groups is 1. The maximum atomic E-state index is 11.1. The van der Waals surface area contributed by atoms with Crippen molar-refractivity contribution in [3.63, 3.8) is 0 Å². The lowest BCUT2D eigenvalue weighted by molar-refractivity contribution is -0.384. The zero-order valence-corrected chi connectivity index (χ0v) is 11.0. The smallest absolute Gasteiger partial charge is 0.337 e. The highest BCUT2D eigenvalue weighted by Crippen LogP contribution is 2.26. The van der Waals surface area contributed by atoms with Crippen molar-refractivity contribution in [2.45, 2.75) is 18.9 Å². The molecule has 6 nitrogen and oxygen atoms in total. The van der Waals surface area contributed by atoms with Crippen molar-refractivity contribution in [1.29, 1.82) is 0 Å². The summed E-state index contributed by atoms with van der Waals surface area (Å²) in [5.41, 5.74) is 0.306. The third-order valence-corrected chi connectivity index (χ3v) is 4.07. The fourth-order valence-electron chi connectivity index (χ4n) is 2.01. The van der Waals surface area contributed by atoms with Crippen molar-refractivity contribution in [1.82, 2.24) is 0 Å². The lowest BCUT2D eigenvalue weighted by Gasteiger charge is -2.24. The van der Waals surface area contributed by atoms with Crippen molar-refractivity contribution in [3.05, 3.63) is 33.9 Å². The Balaban J connectivity index is 2.26. The van der Waals surface area contributed by atoms with Crippen LogP contribution in [-0.4, -0.2) is 33.5 Å². The molecular weight excluding hydrogens is 268 g/mol. The minimum atomic E-state index is -1.08. The van der Waals surface area contributed by atoms with Crippen LogP contribution in [0.5, 0.6) is 0 Å². The van der Waals surface area contributed by atoms with Crippen LogP contribution in [0.3, 0.4) is 0 Å². The molecule has 0 aromatic heterocycles. The second-order valence-corrected chi connectivity index (χ2v) is 5.55. The zero-order chi connectivity index (χ0) is 13.8. The molecule has 0 atom stereocenters. The Labute approximate surface area is 114 Å². The van der Waals surface area contributed by atoms with Gasteiger partial charge in [-0.2, -0.15) is 11.8 Å². The topological polar surface area (TPSA) is 92.5 Å². The summed E-state index contributed by atoms with van der Waals surface area (Å²) in [7, 11) is 0. The molecular formula is C12H14N2O4S. The van der Waals surface area contributed by atoms with Gasteiger partial charge in [0.1, 0.15) is 0 Å². The van der Waals surface area contributed by atoms with Crippen LogP contribution in [0.25, 0.3) is 0 Å². The Morgan fingerprint density at radius 1 is 1.42 bits per heavy atom. The van der Waals surface area contributed by atoms with E-state index in [1.165, 1.54) is 18.2 Å². The summed E-state index contributed by atoms with van der Waals surface area (Å²) in [6, 6.07) is 3.97.